The van der Waals surface area contributed by atoms with Crippen molar-refractivity contribution in [3.05, 3.63) is 0 Å². The van der Waals surface area contributed by atoms with Crippen molar-refractivity contribution in [3.8, 4) is 0 Å². The van der Waals surface area contributed by atoms with Gasteiger partial charge in [-0.1, -0.05) is 0 Å². The lowest BCUT2D eigenvalue weighted by Crippen LogP contribution is -2.38. The molecule has 1 amide bonds. The molecule has 1 unspecified atom stereocenters. The smallest absolute Gasteiger partial charge is 0.303 e. The van der Waals surface area contributed by atoms with Gasteiger partial charge in [0.25, 0.3) is 0 Å². The van der Waals surface area contributed by atoms with Gasteiger partial charge in [-0.2, -0.15) is 0 Å². The average molecular weight is 283 g/mol. The van der Waals surface area contributed by atoms with E-state index in [1.54, 1.807) is 0 Å². The van der Waals surface area contributed by atoms with Crippen LogP contribution in [0.3, 0.4) is 0 Å². The number of carboxylic acids is 1. The van der Waals surface area contributed by atoms with Gasteiger partial charge >= 0.3 is 5.97 Å². The fourth-order valence-corrected chi connectivity index (χ4v) is 3.11. The van der Waals surface area contributed by atoms with E-state index in [-0.39, 0.29) is 18.4 Å². The van der Waals surface area contributed by atoms with E-state index in [0.717, 1.165) is 58.2 Å². The number of likely N-dealkylation sites (tertiary alicyclic amines) is 1. The number of carbonyl (C=O) groups is 2. The van der Waals surface area contributed by atoms with Gasteiger partial charge in [-0.25, -0.2) is 0 Å². The van der Waals surface area contributed by atoms with Crippen LogP contribution in [0, 0.1) is 5.92 Å². The van der Waals surface area contributed by atoms with E-state index in [4.69, 9.17) is 9.84 Å². The summed E-state index contributed by atoms with van der Waals surface area (Å²) < 4.78 is 5.54. The van der Waals surface area contributed by atoms with Crippen LogP contribution in [0.5, 0.6) is 0 Å². The Balaban J connectivity index is 1.62. The van der Waals surface area contributed by atoms with Gasteiger partial charge in [-0.3, -0.25) is 9.59 Å². The standard InChI is InChI=1S/C15H25NO4/c17-14(5-4-13-2-1-11-20-13)16-9-7-12(8-10-16)3-6-15(18)19/h12-13H,1-11H2,(H,18,19). The topological polar surface area (TPSA) is 66.8 Å². The van der Waals surface area contributed by atoms with Gasteiger partial charge < -0.3 is 14.7 Å². The van der Waals surface area contributed by atoms with Crippen molar-refractivity contribution in [1.29, 1.82) is 0 Å². The van der Waals surface area contributed by atoms with Gasteiger partial charge in [0.05, 0.1) is 6.10 Å². The summed E-state index contributed by atoms with van der Waals surface area (Å²) in [4.78, 5) is 24.6. The molecule has 2 fully saturated rings. The maximum atomic E-state index is 12.1. The van der Waals surface area contributed by atoms with Crippen molar-refractivity contribution in [1.82, 2.24) is 4.90 Å². The van der Waals surface area contributed by atoms with E-state index >= 15 is 0 Å². The van der Waals surface area contributed by atoms with Crippen LogP contribution in [-0.4, -0.2) is 47.7 Å². The van der Waals surface area contributed by atoms with E-state index in [1.807, 2.05) is 4.90 Å². The van der Waals surface area contributed by atoms with E-state index in [2.05, 4.69) is 0 Å². The molecule has 2 aliphatic heterocycles. The number of hydrogen-bond donors (Lipinski definition) is 1. The maximum Gasteiger partial charge on any atom is 0.303 e. The molecule has 5 heteroatoms. The number of carbonyl (C=O) groups excluding carboxylic acids is 1. The summed E-state index contributed by atoms with van der Waals surface area (Å²) in [5, 5.41) is 8.68. The Morgan fingerprint density at radius 3 is 2.45 bits per heavy atom. The first kappa shape index (κ1) is 15.3. The number of carboxylic acid groups (broad SMARTS) is 1. The van der Waals surface area contributed by atoms with Gasteiger partial charge in [0.15, 0.2) is 0 Å². The summed E-state index contributed by atoms with van der Waals surface area (Å²) in [5.74, 6) is -0.0226. The van der Waals surface area contributed by atoms with Crippen molar-refractivity contribution in [3.63, 3.8) is 0 Å². The Morgan fingerprint density at radius 2 is 1.85 bits per heavy atom. The maximum absolute atomic E-state index is 12.1. The molecule has 2 heterocycles. The number of ether oxygens (including phenoxy) is 1. The Labute approximate surface area is 120 Å². The van der Waals surface area contributed by atoms with Crippen molar-refractivity contribution in [2.24, 2.45) is 5.92 Å². The Hall–Kier alpha value is -1.10. The van der Waals surface area contributed by atoms with Crippen LogP contribution in [0.4, 0.5) is 0 Å². The van der Waals surface area contributed by atoms with Crippen molar-refractivity contribution in [2.75, 3.05) is 19.7 Å². The average Bonchev–Trinajstić information content (AvgIpc) is 2.96. The van der Waals surface area contributed by atoms with Gasteiger partial charge in [-0.05, 0) is 44.4 Å². The second-order valence-electron chi connectivity index (χ2n) is 5.93. The third kappa shape index (κ3) is 4.78. The number of aliphatic carboxylic acids is 1. The highest BCUT2D eigenvalue weighted by Gasteiger charge is 2.24. The van der Waals surface area contributed by atoms with Crippen LogP contribution in [-0.2, 0) is 14.3 Å². The fraction of sp³-hybridized carbons (Fsp3) is 0.867. The van der Waals surface area contributed by atoms with Crippen molar-refractivity contribution < 1.29 is 19.4 Å². The minimum atomic E-state index is -0.722. The highest BCUT2D eigenvalue weighted by molar-refractivity contribution is 5.76. The van der Waals surface area contributed by atoms with Crippen LogP contribution in [0.25, 0.3) is 0 Å². The van der Waals surface area contributed by atoms with Gasteiger partial charge in [-0.15, -0.1) is 0 Å². The van der Waals surface area contributed by atoms with Gasteiger partial charge in [0, 0.05) is 32.5 Å². The minimum absolute atomic E-state index is 0.234. The zero-order valence-corrected chi connectivity index (χ0v) is 12.1. The Morgan fingerprint density at radius 1 is 1.10 bits per heavy atom. The number of rotatable bonds is 6. The summed E-state index contributed by atoms with van der Waals surface area (Å²) >= 11 is 0. The number of nitrogens with zero attached hydrogens (tertiary/aromatic N) is 1. The van der Waals surface area contributed by atoms with Gasteiger partial charge in [0.2, 0.25) is 5.91 Å². The molecule has 0 bridgehead atoms. The molecule has 0 aromatic rings. The molecule has 0 aromatic carbocycles. The van der Waals surface area contributed by atoms with Crippen molar-refractivity contribution in [2.45, 2.75) is 57.5 Å². The molecule has 2 rings (SSSR count). The molecule has 1 atom stereocenters. The Kier molecular flexibility index (Phi) is 5.83. The molecule has 2 saturated heterocycles. The summed E-state index contributed by atoms with van der Waals surface area (Å²) in [6.07, 6.45) is 6.80. The third-order valence-electron chi connectivity index (χ3n) is 4.44. The molecule has 114 valence electrons. The minimum Gasteiger partial charge on any atom is -0.481 e. The summed E-state index contributed by atoms with van der Waals surface area (Å²) in [7, 11) is 0. The zero-order valence-electron chi connectivity index (χ0n) is 12.1. The summed E-state index contributed by atoms with van der Waals surface area (Å²) in [6.45, 7) is 2.41. The molecule has 0 aromatic heterocycles. The van der Waals surface area contributed by atoms with Crippen LogP contribution >= 0.6 is 0 Å². The monoisotopic (exact) mass is 283 g/mol. The molecule has 2 aliphatic rings. The zero-order chi connectivity index (χ0) is 14.4. The lowest BCUT2D eigenvalue weighted by atomic mass is 9.92. The molecule has 0 saturated carbocycles. The van der Waals surface area contributed by atoms with E-state index in [0.29, 0.717) is 12.3 Å². The van der Waals surface area contributed by atoms with E-state index in [9.17, 15) is 9.59 Å². The molecule has 5 nitrogen and oxygen atoms in total. The van der Waals surface area contributed by atoms with E-state index < -0.39 is 5.97 Å². The lowest BCUT2D eigenvalue weighted by molar-refractivity contribution is -0.138. The highest BCUT2D eigenvalue weighted by atomic mass is 16.5. The quantitative estimate of drug-likeness (QED) is 0.810. The SMILES string of the molecule is O=C(O)CCC1CCN(C(=O)CCC2CCCO2)CC1. The largest absolute Gasteiger partial charge is 0.481 e. The molecular formula is C15H25NO4. The normalized spacial score (nSPS) is 24.0. The van der Waals surface area contributed by atoms with Crippen LogP contribution < -0.4 is 0 Å². The molecule has 1 N–H and O–H groups in total. The first-order valence-corrected chi connectivity index (χ1v) is 7.76. The van der Waals surface area contributed by atoms with Crippen LogP contribution in [0.1, 0.15) is 51.4 Å². The lowest BCUT2D eigenvalue weighted by Gasteiger charge is -2.32. The van der Waals surface area contributed by atoms with Crippen molar-refractivity contribution >= 4 is 11.9 Å². The summed E-state index contributed by atoms with van der Waals surface area (Å²) in [6, 6.07) is 0. The van der Waals surface area contributed by atoms with Gasteiger partial charge in [0.1, 0.15) is 0 Å². The number of hydrogen-bond acceptors (Lipinski definition) is 3. The predicted octanol–water partition coefficient (Wildman–Crippen LogP) is 2.05. The second-order valence-corrected chi connectivity index (χ2v) is 5.93. The van der Waals surface area contributed by atoms with Crippen LogP contribution in [0.15, 0.2) is 0 Å². The Bertz CT molecular complexity index is 331. The van der Waals surface area contributed by atoms with E-state index in [1.165, 1.54) is 0 Å². The predicted molar refractivity (Wildman–Crippen MR) is 74.4 cm³/mol. The first-order valence-electron chi connectivity index (χ1n) is 7.76. The molecular weight excluding hydrogens is 258 g/mol. The molecule has 20 heavy (non-hydrogen) atoms. The first-order chi connectivity index (χ1) is 9.65. The molecule has 0 spiro atoms. The third-order valence-corrected chi connectivity index (χ3v) is 4.44. The highest BCUT2D eigenvalue weighted by Crippen LogP contribution is 2.23. The summed E-state index contributed by atoms with van der Waals surface area (Å²) in [5.41, 5.74) is 0. The van der Waals surface area contributed by atoms with Crippen LogP contribution in [0.2, 0.25) is 0 Å². The fourth-order valence-electron chi connectivity index (χ4n) is 3.11. The number of amides is 1. The molecule has 0 aliphatic carbocycles. The molecule has 0 radical (unpaired) electrons. The second kappa shape index (κ2) is 7.62. The number of piperidine rings is 1.